The maximum atomic E-state index is 12.9. The molecule has 0 saturated heterocycles. The highest BCUT2D eigenvalue weighted by Gasteiger charge is 2.27. The van der Waals surface area contributed by atoms with Crippen LogP contribution in [0.1, 0.15) is 24.6 Å². The summed E-state index contributed by atoms with van der Waals surface area (Å²) >= 11 is 2.82. The van der Waals surface area contributed by atoms with Gasteiger partial charge in [0, 0.05) is 4.47 Å². The topological polar surface area (TPSA) is 82.3 Å². The van der Waals surface area contributed by atoms with Gasteiger partial charge >= 0.3 is 11.8 Å². The van der Waals surface area contributed by atoms with E-state index in [1.165, 1.54) is 0 Å². The highest BCUT2D eigenvalue weighted by Crippen LogP contribution is 2.32. The van der Waals surface area contributed by atoms with Crippen LogP contribution >= 0.6 is 15.9 Å². The summed E-state index contributed by atoms with van der Waals surface area (Å²) < 4.78 is 30.2. The molecule has 0 saturated carbocycles. The first kappa shape index (κ1) is 15.4. The lowest BCUT2D eigenvalue weighted by atomic mass is 10.1. The lowest BCUT2D eigenvalue weighted by molar-refractivity contribution is -0.389. The van der Waals surface area contributed by atoms with Gasteiger partial charge in [-0.15, -0.1) is 0 Å². The molecule has 104 valence electrons. The van der Waals surface area contributed by atoms with E-state index in [9.17, 15) is 23.7 Å². The molecule has 0 aliphatic carbocycles. The predicted molar refractivity (Wildman–Crippen MR) is 63.9 cm³/mol. The maximum absolute atomic E-state index is 12.9. The van der Waals surface area contributed by atoms with Crippen LogP contribution in [0, 0.1) is 10.1 Å². The van der Waals surface area contributed by atoms with Gasteiger partial charge in [0.25, 0.3) is 6.43 Å². The molecule has 1 aromatic rings. The molecular weight excluding hydrogens is 330 g/mol. The molecular formula is C10H9BrF2N2O4. The minimum atomic E-state index is -2.91. The molecule has 0 bridgehead atoms. The summed E-state index contributed by atoms with van der Waals surface area (Å²) in [5.74, 6) is -1.39. The van der Waals surface area contributed by atoms with Crippen LogP contribution < -0.4 is 0 Å². The summed E-state index contributed by atoms with van der Waals surface area (Å²) in [7, 11) is 0. The van der Waals surface area contributed by atoms with Gasteiger partial charge in [0.1, 0.15) is 6.42 Å². The van der Waals surface area contributed by atoms with E-state index in [4.69, 9.17) is 0 Å². The minimum absolute atomic E-state index is 0.0823. The van der Waals surface area contributed by atoms with Crippen molar-refractivity contribution < 1.29 is 23.2 Å². The average Bonchev–Trinajstić information content (AvgIpc) is 2.27. The smallest absolute Gasteiger partial charge is 0.364 e. The average molecular weight is 339 g/mol. The van der Waals surface area contributed by atoms with E-state index in [1.54, 1.807) is 6.92 Å². The molecule has 6 nitrogen and oxygen atoms in total. The third kappa shape index (κ3) is 3.91. The highest BCUT2D eigenvalue weighted by atomic mass is 79.9. The molecule has 1 rings (SSSR count). The molecule has 0 atom stereocenters. The number of nitro groups is 1. The minimum Gasteiger partial charge on any atom is -0.466 e. The normalized spacial score (nSPS) is 10.6. The van der Waals surface area contributed by atoms with E-state index in [0.717, 1.165) is 6.07 Å². The molecule has 0 aliphatic heterocycles. The number of esters is 1. The van der Waals surface area contributed by atoms with E-state index >= 15 is 0 Å². The van der Waals surface area contributed by atoms with Gasteiger partial charge in [-0.1, -0.05) is 0 Å². The number of pyridine rings is 1. The number of aromatic nitrogens is 1. The third-order valence-corrected chi connectivity index (χ3v) is 2.75. The zero-order valence-electron chi connectivity index (χ0n) is 9.73. The first-order valence-corrected chi connectivity index (χ1v) is 5.93. The number of rotatable bonds is 5. The number of carbonyl (C=O) groups is 1. The third-order valence-electron chi connectivity index (χ3n) is 2.10. The van der Waals surface area contributed by atoms with E-state index in [2.05, 4.69) is 25.7 Å². The number of nitrogens with zero attached hydrogens (tertiary/aromatic N) is 2. The first-order valence-electron chi connectivity index (χ1n) is 5.14. The van der Waals surface area contributed by atoms with Crippen molar-refractivity contribution in [1.82, 2.24) is 4.98 Å². The molecule has 0 amide bonds. The Kier molecular flexibility index (Phi) is 5.28. The maximum Gasteiger partial charge on any atom is 0.364 e. The SMILES string of the molecule is CCOC(=O)Cc1nc([N+](=O)[O-])cc(Br)c1C(F)F. The fourth-order valence-electron chi connectivity index (χ4n) is 1.37. The Morgan fingerprint density at radius 1 is 1.63 bits per heavy atom. The van der Waals surface area contributed by atoms with Crippen molar-refractivity contribution in [3.63, 3.8) is 0 Å². The van der Waals surface area contributed by atoms with Crippen LogP contribution in [0.15, 0.2) is 10.5 Å². The molecule has 0 fully saturated rings. The van der Waals surface area contributed by atoms with E-state index in [0.29, 0.717) is 0 Å². The lowest BCUT2D eigenvalue weighted by Gasteiger charge is -2.07. The van der Waals surface area contributed by atoms with Gasteiger partial charge in [-0.25, -0.2) is 8.78 Å². The fourth-order valence-corrected chi connectivity index (χ4v) is 1.97. The van der Waals surface area contributed by atoms with Gasteiger partial charge in [0.15, 0.2) is 5.69 Å². The fraction of sp³-hybridized carbons (Fsp3) is 0.400. The largest absolute Gasteiger partial charge is 0.466 e. The second-order valence-corrected chi connectivity index (χ2v) is 4.22. The molecule has 9 heteroatoms. The predicted octanol–water partition coefficient (Wildman–Crippen LogP) is 2.80. The Balaban J connectivity index is 3.24. The standard InChI is InChI=1S/C10H9BrF2N2O4/c1-2-19-8(16)4-6-9(10(12)13)5(11)3-7(14-6)15(17)18/h3,10H,2,4H2,1H3. The van der Waals surface area contributed by atoms with Crippen LogP contribution in [-0.4, -0.2) is 22.5 Å². The van der Waals surface area contributed by atoms with Crippen molar-refractivity contribution in [3.8, 4) is 0 Å². The van der Waals surface area contributed by atoms with Crippen LogP contribution in [0.5, 0.6) is 0 Å². The number of alkyl halides is 2. The van der Waals surface area contributed by atoms with Gasteiger partial charge in [0.2, 0.25) is 0 Å². The second-order valence-electron chi connectivity index (χ2n) is 3.36. The zero-order valence-corrected chi connectivity index (χ0v) is 11.3. The number of halogens is 3. The van der Waals surface area contributed by atoms with Crippen LogP contribution in [0.3, 0.4) is 0 Å². The monoisotopic (exact) mass is 338 g/mol. The molecule has 0 aliphatic rings. The van der Waals surface area contributed by atoms with Crippen LogP contribution in [0.4, 0.5) is 14.6 Å². The Labute approximate surface area is 115 Å². The Morgan fingerprint density at radius 3 is 2.74 bits per heavy atom. The van der Waals surface area contributed by atoms with E-state index in [1.807, 2.05) is 0 Å². The Hall–Kier alpha value is -1.64. The molecule has 0 radical (unpaired) electrons. The molecule has 0 aromatic carbocycles. The van der Waals surface area contributed by atoms with Crippen molar-refractivity contribution in [2.45, 2.75) is 19.8 Å². The van der Waals surface area contributed by atoms with Gasteiger partial charge < -0.3 is 14.9 Å². The number of hydrogen-bond donors (Lipinski definition) is 0. The van der Waals surface area contributed by atoms with E-state index in [-0.39, 0.29) is 16.8 Å². The van der Waals surface area contributed by atoms with Gasteiger partial charge in [0.05, 0.1) is 18.2 Å². The lowest BCUT2D eigenvalue weighted by Crippen LogP contribution is -2.12. The number of ether oxygens (including phenoxy) is 1. The summed E-state index contributed by atoms with van der Waals surface area (Å²) in [6, 6.07) is 0.871. The number of hydrogen-bond acceptors (Lipinski definition) is 5. The summed E-state index contributed by atoms with van der Waals surface area (Å²) in [4.78, 5) is 24.5. The van der Waals surface area contributed by atoms with Gasteiger partial charge in [-0.3, -0.25) is 4.79 Å². The first-order chi connectivity index (χ1) is 8.86. The van der Waals surface area contributed by atoms with Crippen molar-refractivity contribution in [2.75, 3.05) is 6.61 Å². The second kappa shape index (κ2) is 6.50. The van der Waals surface area contributed by atoms with Crippen molar-refractivity contribution in [2.24, 2.45) is 0 Å². The van der Waals surface area contributed by atoms with Gasteiger partial charge in [-0.05, 0) is 32.8 Å². The Bertz CT molecular complexity index is 511. The van der Waals surface area contributed by atoms with Crippen molar-refractivity contribution in [3.05, 3.63) is 31.9 Å². The van der Waals surface area contributed by atoms with Crippen LogP contribution in [-0.2, 0) is 16.0 Å². The summed E-state index contributed by atoms with van der Waals surface area (Å²) in [6.45, 7) is 1.64. The number of carbonyl (C=O) groups excluding carboxylic acids is 1. The van der Waals surface area contributed by atoms with Crippen molar-refractivity contribution in [1.29, 1.82) is 0 Å². The Morgan fingerprint density at radius 2 is 2.26 bits per heavy atom. The summed E-state index contributed by atoms with van der Waals surface area (Å²) in [5.41, 5.74) is -0.909. The molecule has 0 spiro atoms. The quantitative estimate of drug-likeness (QED) is 0.468. The van der Waals surface area contributed by atoms with Crippen molar-refractivity contribution >= 4 is 27.7 Å². The summed E-state index contributed by atoms with van der Waals surface area (Å²) in [5, 5.41) is 10.6. The summed E-state index contributed by atoms with van der Waals surface area (Å²) in [6.07, 6.45) is -3.46. The van der Waals surface area contributed by atoms with Crippen LogP contribution in [0.25, 0.3) is 0 Å². The highest BCUT2D eigenvalue weighted by molar-refractivity contribution is 9.10. The van der Waals surface area contributed by atoms with E-state index < -0.39 is 35.1 Å². The van der Waals surface area contributed by atoms with Crippen LogP contribution in [0.2, 0.25) is 0 Å². The zero-order chi connectivity index (χ0) is 14.6. The molecule has 19 heavy (non-hydrogen) atoms. The molecule has 0 unspecified atom stereocenters. The van der Waals surface area contributed by atoms with Gasteiger partial charge in [-0.2, -0.15) is 0 Å². The molecule has 1 heterocycles. The molecule has 1 aromatic heterocycles. The molecule has 0 N–H and O–H groups in total.